The maximum Gasteiger partial charge on any atom is 0.416 e. The van der Waals surface area contributed by atoms with Crippen molar-refractivity contribution in [1.82, 2.24) is 9.78 Å². The molecule has 27 heavy (non-hydrogen) atoms. The van der Waals surface area contributed by atoms with Crippen molar-refractivity contribution in [3.05, 3.63) is 76.2 Å². The number of aldehydes is 1. The molecule has 0 N–H and O–H groups in total. The minimum absolute atomic E-state index is 0.0695. The molecule has 140 valence electrons. The molecule has 3 nitrogen and oxygen atoms in total. The van der Waals surface area contributed by atoms with Crippen molar-refractivity contribution in [2.24, 2.45) is 7.05 Å². The van der Waals surface area contributed by atoms with Crippen LogP contribution in [0.25, 0.3) is 11.3 Å². The Morgan fingerprint density at radius 1 is 1.11 bits per heavy atom. The Morgan fingerprint density at radius 3 is 2.48 bits per heavy atom. The predicted octanol–water partition coefficient (Wildman–Crippen LogP) is 4.96. The SMILES string of the molecule is Cc1cc(-c2cc(Cc3cc(F)cc(C(F)(F)F)c3)nn2C)ccc1C=O. The normalized spacial score (nSPS) is 11.6. The van der Waals surface area contributed by atoms with Crippen molar-refractivity contribution < 1.29 is 22.4 Å². The Balaban J connectivity index is 1.93. The number of hydrogen-bond donors (Lipinski definition) is 0. The van der Waals surface area contributed by atoms with Crippen LogP contribution in [0.15, 0.2) is 42.5 Å². The van der Waals surface area contributed by atoms with Gasteiger partial charge >= 0.3 is 6.18 Å². The van der Waals surface area contributed by atoms with Crippen molar-refractivity contribution in [3.63, 3.8) is 0 Å². The molecule has 0 saturated carbocycles. The van der Waals surface area contributed by atoms with Crippen molar-refractivity contribution in [3.8, 4) is 11.3 Å². The third kappa shape index (κ3) is 4.07. The molecular weight excluding hydrogens is 360 g/mol. The highest BCUT2D eigenvalue weighted by Crippen LogP contribution is 2.31. The van der Waals surface area contributed by atoms with E-state index in [2.05, 4.69) is 5.10 Å². The summed E-state index contributed by atoms with van der Waals surface area (Å²) >= 11 is 0. The molecule has 2 aromatic carbocycles. The zero-order chi connectivity index (χ0) is 19.8. The fourth-order valence-corrected chi connectivity index (χ4v) is 2.98. The van der Waals surface area contributed by atoms with E-state index in [1.54, 1.807) is 29.9 Å². The molecule has 0 aliphatic rings. The van der Waals surface area contributed by atoms with Crippen LogP contribution in [-0.4, -0.2) is 16.1 Å². The van der Waals surface area contributed by atoms with E-state index < -0.39 is 17.6 Å². The van der Waals surface area contributed by atoms with Gasteiger partial charge in [-0.2, -0.15) is 18.3 Å². The summed E-state index contributed by atoms with van der Waals surface area (Å²) in [6.45, 7) is 1.82. The van der Waals surface area contributed by atoms with Gasteiger partial charge in [-0.15, -0.1) is 0 Å². The van der Waals surface area contributed by atoms with Gasteiger partial charge in [0.15, 0.2) is 0 Å². The first-order chi connectivity index (χ1) is 12.7. The van der Waals surface area contributed by atoms with Gasteiger partial charge in [0, 0.05) is 24.6 Å². The summed E-state index contributed by atoms with van der Waals surface area (Å²) in [6.07, 6.45) is -3.76. The van der Waals surface area contributed by atoms with Crippen LogP contribution in [-0.2, 0) is 19.6 Å². The summed E-state index contributed by atoms with van der Waals surface area (Å²) in [5.74, 6) is -0.934. The minimum Gasteiger partial charge on any atom is -0.298 e. The van der Waals surface area contributed by atoms with E-state index in [0.717, 1.165) is 35.2 Å². The zero-order valence-corrected chi connectivity index (χ0v) is 14.6. The number of benzene rings is 2. The van der Waals surface area contributed by atoms with E-state index in [1.165, 1.54) is 0 Å². The van der Waals surface area contributed by atoms with E-state index in [0.29, 0.717) is 17.3 Å². The van der Waals surface area contributed by atoms with Crippen molar-refractivity contribution in [2.75, 3.05) is 0 Å². The Morgan fingerprint density at radius 2 is 1.85 bits per heavy atom. The molecule has 0 saturated heterocycles. The Kier molecular flexibility index (Phi) is 4.87. The fraction of sp³-hybridized carbons (Fsp3) is 0.200. The van der Waals surface area contributed by atoms with Gasteiger partial charge < -0.3 is 0 Å². The first-order valence-electron chi connectivity index (χ1n) is 8.13. The van der Waals surface area contributed by atoms with Gasteiger partial charge in [0.25, 0.3) is 0 Å². The summed E-state index contributed by atoms with van der Waals surface area (Å²) in [5.41, 5.74) is 2.66. The zero-order valence-electron chi connectivity index (χ0n) is 14.6. The van der Waals surface area contributed by atoms with Gasteiger partial charge in [-0.1, -0.05) is 12.1 Å². The first-order valence-corrected chi connectivity index (χ1v) is 8.13. The number of carbonyl (C=O) groups excluding carboxylic acids is 1. The minimum atomic E-state index is -4.61. The second kappa shape index (κ2) is 6.98. The topological polar surface area (TPSA) is 34.9 Å². The number of aryl methyl sites for hydroxylation is 2. The summed E-state index contributed by atoms with van der Waals surface area (Å²) in [5, 5.41) is 4.32. The third-order valence-corrected chi connectivity index (χ3v) is 4.29. The number of aromatic nitrogens is 2. The summed E-state index contributed by atoms with van der Waals surface area (Å²) in [4.78, 5) is 10.9. The number of halogens is 4. The Labute approximate surface area is 153 Å². The maximum atomic E-state index is 13.6. The lowest BCUT2D eigenvalue weighted by atomic mass is 10.0. The van der Waals surface area contributed by atoms with Crippen LogP contribution < -0.4 is 0 Å². The standard InChI is InChI=1S/C20H16F4N2O/c1-12-5-14(3-4-15(12)11-27)19-10-18(25-26(19)2)8-13-6-16(20(22,23)24)9-17(21)7-13/h3-7,9-11H,8H2,1-2H3. The van der Waals surface area contributed by atoms with Crippen LogP contribution in [0.1, 0.15) is 32.7 Å². The highest BCUT2D eigenvalue weighted by Gasteiger charge is 2.31. The van der Waals surface area contributed by atoms with Gasteiger partial charge in [-0.25, -0.2) is 4.39 Å². The quantitative estimate of drug-likeness (QED) is 0.477. The Bertz CT molecular complexity index is 1010. The van der Waals surface area contributed by atoms with E-state index >= 15 is 0 Å². The number of alkyl halides is 3. The van der Waals surface area contributed by atoms with E-state index in [1.807, 2.05) is 13.0 Å². The van der Waals surface area contributed by atoms with Crippen molar-refractivity contribution >= 4 is 6.29 Å². The molecule has 0 aliphatic carbocycles. The average Bonchev–Trinajstić information content (AvgIpc) is 2.93. The van der Waals surface area contributed by atoms with Gasteiger partial charge in [0.1, 0.15) is 12.1 Å². The first kappa shape index (κ1) is 18.8. The summed E-state index contributed by atoms with van der Waals surface area (Å²) < 4.78 is 53.8. The second-order valence-electron chi connectivity index (χ2n) is 6.36. The smallest absolute Gasteiger partial charge is 0.298 e. The molecule has 0 radical (unpaired) electrons. The molecule has 3 aromatic rings. The van der Waals surface area contributed by atoms with Crippen LogP contribution >= 0.6 is 0 Å². The molecule has 0 unspecified atom stereocenters. The summed E-state index contributed by atoms with van der Waals surface area (Å²) in [7, 11) is 1.72. The lowest BCUT2D eigenvalue weighted by Gasteiger charge is -2.08. The van der Waals surface area contributed by atoms with Crippen LogP contribution in [0.5, 0.6) is 0 Å². The lowest BCUT2D eigenvalue weighted by Crippen LogP contribution is -2.06. The third-order valence-electron chi connectivity index (χ3n) is 4.29. The lowest BCUT2D eigenvalue weighted by molar-refractivity contribution is -0.137. The molecule has 1 aromatic heterocycles. The summed E-state index contributed by atoms with van der Waals surface area (Å²) in [6, 6.07) is 9.55. The van der Waals surface area contributed by atoms with Gasteiger partial charge in [-0.3, -0.25) is 9.48 Å². The Hall–Kier alpha value is -2.96. The molecule has 0 amide bonds. The number of nitrogens with zero attached hydrogens (tertiary/aromatic N) is 2. The molecular formula is C20H16F4N2O. The average molecular weight is 376 g/mol. The van der Waals surface area contributed by atoms with E-state index in [4.69, 9.17) is 0 Å². The molecule has 0 spiro atoms. The van der Waals surface area contributed by atoms with E-state index in [-0.39, 0.29) is 12.0 Å². The van der Waals surface area contributed by atoms with Gasteiger partial charge in [0.05, 0.1) is 17.0 Å². The van der Waals surface area contributed by atoms with Crippen molar-refractivity contribution in [2.45, 2.75) is 19.5 Å². The highest BCUT2D eigenvalue weighted by molar-refractivity contribution is 5.79. The molecule has 3 rings (SSSR count). The molecule has 1 heterocycles. The maximum absolute atomic E-state index is 13.6. The predicted molar refractivity (Wildman–Crippen MR) is 93.0 cm³/mol. The second-order valence-corrected chi connectivity index (χ2v) is 6.36. The molecule has 0 aliphatic heterocycles. The highest BCUT2D eigenvalue weighted by atomic mass is 19.4. The number of rotatable bonds is 4. The van der Waals surface area contributed by atoms with Gasteiger partial charge in [0.2, 0.25) is 0 Å². The number of hydrogen-bond acceptors (Lipinski definition) is 2. The fourth-order valence-electron chi connectivity index (χ4n) is 2.98. The van der Waals surface area contributed by atoms with Crippen LogP contribution in [0.4, 0.5) is 17.6 Å². The van der Waals surface area contributed by atoms with Crippen LogP contribution in [0.2, 0.25) is 0 Å². The van der Waals surface area contributed by atoms with Crippen LogP contribution in [0.3, 0.4) is 0 Å². The molecule has 0 fully saturated rings. The monoisotopic (exact) mass is 376 g/mol. The molecule has 7 heteroatoms. The molecule has 0 atom stereocenters. The van der Waals surface area contributed by atoms with Crippen LogP contribution in [0, 0.1) is 12.7 Å². The van der Waals surface area contributed by atoms with Crippen molar-refractivity contribution in [1.29, 1.82) is 0 Å². The largest absolute Gasteiger partial charge is 0.416 e. The number of carbonyl (C=O) groups is 1. The molecule has 0 bridgehead atoms. The van der Waals surface area contributed by atoms with Gasteiger partial charge in [-0.05, 0) is 48.4 Å². The van der Waals surface area contributed by atoms with E-state index in [9.17, 15) is 22.4 Å².